The molecule has 0 bridgehead atoms. The summed E-state index contributed by atoms with van der Waals surface area (Å²) >= 11 is 0. The molecule has 1 fully saturated rings. The molecule has 1 saturated carbocycles. The predicted octanol–water partition coefficient (Wildman–Crippen LogP) is 5.08. The number of halogens is 3. The third-order valence-corrected chi connectivity index (χ3v) is 4.59. The number of benzene rings is 1. The largest absolute Gasteiger partial charge is 0.484 e. The third kappa shape index (κ3) is 5.34. The van der Waals surface area contributed by atoms with Crippen molar-refractivity contribution in [2.45, 2.75) is 44.8 Å². The van der Waals surface area contributed by atoms with E-state index in [9.17, 15) is 13.2 Å². The average Bonchev–Trinajstić information content (AvgIpc) is 2.62. The highest BCUT2D eigenvalue weighted by atomic mass is 19.4. The number of ether oxygens (including phenoxy) is 1. The third-order valence-electron chi connectivity index (χ3n) is 4.59. The second kappa shape index (κ2) is 7.93. The van der Waals surface area contributed by atoms with Crippen LogP contribution in [0.15, 0.2) is 36.7 Å². The van der Waals surface area contributed by atoms with Gasteiger partial charge in [-0.15, -0.1) is 0 Å². The van der Waals surface area contributed by atoms with E-state index in [1.807, 2.05) is 0 Å². The standard InChI is InChI=1S/C19H22F3N3O/c1-13-2-6-16(7-3-13)25-18-23-10-15(11-24-18)14-4-8-17(9-5-14)26-12-19(20,21)22/h4-5,8-11,13,16H,2-3,6-7,12H2,1H3,(H,23,24,25). The fourth-order valence-electron chi connectivity index (χ4n) is 3.05. The van der Waals surface area contributed by atoms with Crippen molar-refractivity contribution >= 4 is 5.95 Å². The zero-order valence-electron chi connectivity index (χ0n) is 14.6. The molecule has 1 N–H and O–H groups in total. The van der Waals surface area contributed by atoms with Crippen molar-refractivity contribution < 1.29 is 17.9 Å². The molecule has 1 aromatic carbocycles. The molecule has 2 aromatic rings. The van der Waals surface area contributed by atoms with Gasteiger partial charge in [-0.25, -0.2) is 9.97 Å². The number of nitrogens with one attached hydrogen (secondary N) is 1. The van der Waals surface area contributed by atoms with E-state index in [0.717, 1.165) is 29.9 Å². The lowest BCUT2D eigenvalue weighted by Crippen LogP contribution is -2.26. The minimum absolute atomic E-state index is 0.178. The lowest BCUT2D eigenvalue weighted by Gasteiger charge is -2.26. The van der Waals surface area contributed by atoms with Crippen molar-refractivity contribution in [1.82, 2.24) is 9.97 Å². The molecule has 0 spiro atoms. The van der Waals surface area contributed by atoms with E-state index < -0.39 is 12.8 Å². The number of hydrogen-bond acceptors (Lipinski definition) is 4. The molecule has 3 rings (SSSR count). The van der Waals surface area contributed by atoms with Gasteiger partial charge < -0.3 is 10.1 Å². The van der Waals surface area contributed by atoms with Crippen LogP contribution >= 0.6 is 0 Å². The van der Waals surface area contributed by atoms with E-state index in [2.05, 4.69) is 22.2 Å². The fourth-order valence-corrected chi connectivity index (χ4v) is 3.05. The molecular weight excluding hydrogens is 343 g/mol. The number of anilines is 1. The maximum Gasteiger partial charge on any atom is 0.422 e. The van der Waals surface area contributed by atoms with Gasteiger partial charge in [0, 0.05) is 24.0 Å². The van der Waals surface area contributed by atoms with Crippen molar-refractivity contribution in [2.75, 3.05) is 11.9 Å². The smallest absolute Gasteiger partial charge is 0.422 e. The predicted molar refractivity (Wildman–Crippen MR) is 94.1 cm³/mol. The van der Waals surface area contributed by atoms with E-state index in [-0.39, 0.29) is 5.75 Å². The van der Waals surface area contributed by atoms with Gasteiger partial charge in [-0.2, -0.15) is 13.2 Å². The summed E-state index contributed by atoms with van der Waals surface area (Å²) in [6.07, 6.45) is 3.79. The summed E-state index contributed by atoms with van der Waals surface area (Å²) in [5.41, 5.74) is 1.62. The van der Waals surface area contributed by atoms with Gasteiger partial charge in [0.2, 0.25) is 5.95 Å². The Morgan fingerprint density at radius 2 is 1.62 bits per heavy atom. The van der Waals surface area contributed by atoms with Crippen LogP contribution in [-0.2, 0) is 0 Å². The number of rotatable bonds is 5. The molecule has 1 aliphatic rings. The Bertz CT molecular complexity index is 693. The topological polar surface area (TPSA) is 47.0 Å². The quantitative estimate of drug-likeness (QED) is 0.803. The summed E-state index contributed by atoms with van der Waals surface area (Å²) in [6.45, 7) is 0.983. The number of aromatic nitrogens is 2. The normalized spacial score (nSPS) is 20.6. The molecule has 0 saturated heterocycles. The van der Waals surface area contributed by atoms with Crippen LogP contribution < -0.4 is 10.1 Å². The maximum absolute atomic E-state index is 12.2. The Labute approximate surface area is 150 Å². The fraction of sp³-hybridized carbons (Fsp3) is 0.474. The second-order valence-electron chi connectivity index (χ2n) is 6.82. The summed E-state index contributed by atoms with van der Waals surface area (Å²) in [7, 11) is 0. The molecular formula is C19H22F3N3O. The van der Waals surface area contributed by atoms with Crippen LogP contribution in [-0.4, -0.2) is 28.8 Å². The zero-order valence-corrected chi connectivity index (χ0v) is 14.6. The Hall–Kier alpha value is -2.31. The van der Waals surface area contributed by atoms with Crippen molar-refractivity contribution in [3.8, 4) is 16.9 Å². The van der Waals surface area contributed by atoms with Crippen molar-refractivity contribution in [3.63, 3.8) is 0 Å². The first-order valence-corrected chi connectivity index (χ1v) is 8.77. The first-order valence-electron chi connectivity index (χ1n) is 8.77. The average molecular weight is 365 g/mol. The highest BCUT2D eigenvalue weighted by molar-refractivity contribution is 5.62. The zero-order chi connectivity index (χ0) is 18.6. The highest BCUT2D eigenvalue weighted by Crippen LogP contribution is 2.26. The molecule has 0 aliphatic heterocycles. The van der Waals surface area contributed by atoms with Gasteiger partial charge in [0.05, 0.1) is 0 Å². The van der Waals surface area contributed by atoms with Crippen molar-refractivity contribution in [2.24, 2.45) is 5.92 Å². The Balaban J connectivity index is 1.58. The summed E-state index contributed by atoms with van der Waals surface area (Å²) in [6, 6.07) is 6.83. The van der Waals surface area contributed by atoms with Crippen LogP contribution in [0.2, 0.25) is 0 Å². The monoisotopic (exact) mass is 365 g/mol. The van der Waals surface area contributed by atoms with Gasteiger partial charge in [-0.3, -0.25) is 0 Å². The van der Waals surface area contributed by atoms with Gasteiger partial charge in [0.1, 0.15) is 5.75 Å². The molecule has 0 atom stereocenters. The van der Waals surface area contributed by atoms with Gasteiger partial charge in [0.25, 0.3) is 0 Å². The van der Waals surface area contributed by atoms with Gasteiger partial charge in [0.15, 0.2) is 6.61 Å². The molecule has 0 amide bonds. The van der Waals surface area contributed by atoms with E-state index in [1.54, 1.807) is 24.5 Å². The van der Waals surface area contributed by atoms with Crippen LogP contribution in [0.3, 0.4) is 0 Å². The van der Waals surface area contributed by atoms with Crippen LogP contribution in [0.5, 0.6) is 5.75 Å². The maximum atomic E-state index is 12.2. The minimum atomic E-state index is -4.34. The van der Waals surface area contributed by atoms with Crippen molar-refractivity contribution in [3.05, 3.63) is 36.7 Å². The molecule has 1 heterocycles. The van der Waals surface area contributed by atoms with Gasteiger partial charge in [-0.05, 0) is 49.3 Å². The van der Waals surface area contributed by atoms with E-state index >= 15 is 0 Å². The highest BCUT2D eigenvalue weighted by Gasteiger charge is 2.28. The van der Waals surface area contributed by atoms with Crippen LogP contribution in [0.4, 0.5) is 19.1 Å². The van der Waals surface area contributed by atoms with Crippen LogP contribution in [0.1, 0.15) is 32.6 Å². The summed E-state index contributed by atoms with van der Waals surface area (Å²) in [4.78, 5) is 8.71. The lowest BCUT2D eigenvalue weighted by atomic mass is 9.87. The Morgan fingerprint density at radius 3 is 2.19 bits per heavy atom. The van der Waals surface area contributed by atoms with E-state index in [4.69, 9.17) is 4.74 Å². The molecule has 4 nitrogen and oxygen atoms in total. The summed E-state index contributed by atoms with van der Waals surface area (Å²) < 4.78 is 41.2. The molecule has 1 aromatic heterocycles. The molecule has 0 radical (unpaired) electrons. The Morgan fingerprint density at radius 1 is 1.00 bits per heavy atom. The molecule has 0 unspecified atom stereocenters. The van der Waals surface area contributed by atoms with Gasteiger partial charge >= 0.3 is 6.18 Å². The number of nitrogens with zero attached hydrogens (tertiary/aromatic N) is 2. The SMILES string of the molecule is CC1CCC(Nc2ncc(-c3ccc(OCC(F)(F)F)cc3)cn2)CC1. The first kappa shape index (κ1) is 18.5. The first-order chi connectivity index (χ1) is 12.4. The number of hydrogen-bond donors (Lipinski definition) is 1. The van der Waals surface area contributed by atoms with Gasteiger partial charge in [-0.1, -0.05) is 19.1 Å². The molecule has 26 heavy (non-hydrogen) atoms. The van der Waals surface area contributed by atoms with E-state index in [0.29, 0.717) is 12.0 Å². The van der Waals surface area contributed by atoms with Crippen LogP contribution in [0, 0.1) is 5.92 Å². The number of alkyl halides is 3. The molecule has 7 heteroatoms. The lowest BCUT2D eigenvalue weighted by molar-refractivity contribution is -0.153. The summed E-state index contributed by atoms with van der Waals surface area (Å²) in [5, 5.41) is 3.37. The molecule has 1 aliphatic carbocycles. The molecule has 140 valence electrons. The summed E-state index contributed by atoms with van der Waals surface area (Å²) in [5.74, 6) is 1.58. The van der Waals surface area contributed by atoms with Crippen LogP contribution in [0.25, 0.3) is 11.1 Å². The minimum Gasteiger partial charge on any atom is -0.484 e. The van der Waals surface area contributed by atoms with Crippen molar-refractivity contribution in [1.29, 1.82) is 0 Å². The Kier molecular flexibility index (Phi) is 5.64. The second-order valence-corrected chi connectivity index (χ2v) is 6.82. The van der Waals surface area contributed by atoms with E-state index in [1.165, 1.54) is 25.0 Å².